The third-order valence-electron chi connectivity index (χ3n) is 3.25. The summed E-state index contributed by atoms with van der Waals surface area (Å²) in [6, 6.07) is 21.0. The number of benzene rings is 2. The van der Waals surface area contributed by atoms with Gasteiger partial charge in [0.15, 0.2) is 0 Å². The van der Waals surface area contributed by atoms with Gasteiger partial charge in [-0.05, 0) is 17.5 Å². The average molecular weight is 240 g/mol. The highest BCUT2D eigenvalue weighted by Gasteiger charge is 2.16. The molecule has 1 atom stereocenters. The van der Waals surface area contributed by atoms with Gasteiger partial charge in [0.1, 0.15) is 0 Å². The van der Waals surface area contributed by atoms with E-state index in [1.165, 1.54) is 11.1 Å². The molecule has 0 bridgehead atoms. The predicted molar refractivity (Wildman–Crippen MR) is 76.4 cm³/mol. The maximum absolute atomic E-state index is 6.02. The Morgan fingerprint density at radius 2 is 1.22 bits per heavy atom. The van der Waals surface area contributed by atoms with Crippen molar-refractivity contribution in [1.29, 1.82) is 0 Å². The Morgan fingerprint density at radius 3 is 1.61 bits per heavy atom. The molecule has 0 amide bonds. The van der Waals surface area contributed by atoms with Crippen molar-refractivity contribution < 1.29 is 0 Å². The van der Waals surface area contributed by atoms with Crippen LogP contribution in [0.5, 0.6) is 0 Å². The highest BCUT2D eigenvalue weighted by molar-refractivity contribution is 5.32. The van der Waals surface area contributed by atoms with Crippen LogP contribution < -0.4 is 11.5 Å². The van der Waals surface area contributed by atoms with Gasteiger partial charge in [-0.15, -0.1) is 0 Å². The second-order valence-electron chi connectivity index (χ2n) is 4.61. The highest BCUT2D eigenvalue weighted by atomic mass is 14.7. The van der Waals surface area contributed by atoms with Gasteiger partial charge in [0, 0.05) is 18.5 Å². The fraction of sp³-hybridized carbons (Fsp3) is 0.250. The normalized spacial score (nSPS) is 12.6. The molecule has 0 saturated carbocycles. The molecule has 2 heteroatoms. The van der Waals surface area contributed by atoms with Crippen LogP contribution in [0.15, 0.2) is 60.7 Å². The molecular formula is C16H20N2. The molecule has 0 spiro atoms. The van der Waals surface area contributed by atoms with Crippen molar-refractivity contribution in [3.05, 3.63) is 71.8 Å². The van der Waals surface area contributed by atoms with Crippen LogP contribution in [0.1, 0.15) is 23.5 Å². The molecular weight excluding hydrogens is 220 g/mol. The van der Waals surface area contributed by atoms with E-state index in [4.69, 9.17) is 11.5 Å². The van der Waals surface area contributed by atoms with Crippen LogP contribution in [0.2, 0.25) is 0 Å². The van der Waals surface area contributed by atoms with Crippen molar-refractivity contribution in [3.8, 4) is 0 Å². The van der Waals surface area contributed by atoms with Crippen molar-refractivity contribution in [2.24, 2.45) is 11.5 Å². The zero-order chi connectivity index (χ0) is 12.8. The number of rotatable bonds is 5. The number of hydrogen-bond acceptors (Lipinski definition) is 2. The summed E-state index contributed by atoms with van der Waals surface area (Å²) >= 11 is 0. The molecule has 0 heterocycles. The van der Waals surface area contributed by atoms with Gasteiger partial charge in [0.25, 0.3) is 0 Å². The molecule has 0 radical (unpaired) electrons. The molecule has 2 rings (SSSR count). The minimum atomic E-state index is 0.0374. The first-order chi connectivity index (χ1) is 8.81. The monoisotopic (exact) mass is 240 g/mol. The zero-order valence-corrected chi connectivity index (χ0v) is 10.5. The topological polar surface area (TPSA) is 52.0 Å². The summed E-state index contributed by atoms with van der Waals surface area (Å²) in [6.45, 7) is 0.524. The summed E-state index contributed by atoms with van der Waals surface area (Å²) in [5.41, 5.74) is 14.3. The predicted octanol–water partition coefficient (Wildman–Crippen LogP) is 2.49. The molecule has 0 aliphatic carbocycles. The van der Waals surface area contributed by atoms with E-state index in [9.17, 15) is 0 Å². The first kappa shape index (κ1) is 12.8. The molecule has 2 nitrogen and oxygen atoms in total. The van der Waals surface area contributed by atoms with Crippen LogP contribution in [0.25, 0.3) is 0 Å². The summed E-state index contributed by atoms with van der Waals surface area (Å²) in [5.74, 6) is 0.325. The summed E-state index contributed by atoms with van der Waals surface area (Å²) in [5, 5.41) is 0. The van der Waals surface area contributed by atoms with Gasteiger partial charge < -0.3 is 11.5 Å². The van der Waals surface area contributed by atoms with Gasteiger partial charge in [-0.3, -0.25) is 0 Å². The van der Waals surface area contributed by atoms with Crippen LogP contribution in [-0.4, -0.2) is 12.6 Å². The number of nitrogens with two attached hydrogens (primary N) is 2. The van der Waals surface area contributed by atoms with E-state index in [1.54, 1.807) is 0 Å². The lowest BCUT2D eigenvalue weighted by Crippen LogP contribution is -2.31. The zero-order valence-electron chi connectivity index (χ0n) is 10.5. The minimum absolute atomic E-state index is 0.0374. The Balaban J connectivity index is 2.29. The van der Waals surface area contributed by atoms with Crippen molar-refractivity contribution in [2.45, 2.75) is 18.4 Å². The first-order valence-electron chi connectivity index (χ1n) is 6.37. The molecule has 94 valence electrons. The lowest BCUT2D eigenvalue weighted by atomic mass is 9.86. The van der Waals surface area contributed by atoms with Crippen molar-refractivity contribution in [2.75, 3.05) is 6.54 Å². The van der Waals surface area contributed by atoms with Crippen molar-refractivity contribution in [3.63, 3.8) is 0 Å². The molecule has 0 aromatic heterocycles. The van der Waals surface area contributed by atoms with Crippen LogP contribution in [0, 0.1) is 0 Å². The largest absolute Gasteiger partial charge is 0.329 e. The van der Waals surface area contributed by atoms with E-state index in [0.717, 1.165) is 6.42 Å². The standard InChI is InChI=1S/C16H20N2/c17-12-15(18)11-16(13-7-3-1-4-8-13)14-9-5-2-6-10-14/h1-10,15-16H,11-12,17-18H2. The molecule has 1 unspecified atom stereocenters. The third-order valence-corrected chi connectivity index (χ3v) is 3.25. The molecule has 0 saturated heterocycles. The SMILES string of the molecule is NCC(N)CC(c1ccccc1)c1ccccc1. The second kappa shape index (κ2) is 6.34. The Hall–Kier alpha value is -1.64. The van der Waals surface area contributed by atoms with Gasteiger partial charge in [-0.1, -0.05) is 60.7 Å². The highest BCUT2D eigenvalue weighted by Crippen LogP contribution is 2.28. The molecule has 2 aromatic carbocycles. The molecule has 0 fully saturated rings. The van der Waals surface area contributed by atoms with E-state index in [1.807, 2.05) is 12.1 Å². The smallest absolute Gasteiger partial charge is 0.0172 e. The molecule has 0 aliphatic heterocycles. The lowest BCUT2D eigenvalue weighted by molar-refractivity contribution is 0.577. The molecule has 18 heavy (non-hydrogen) atoms. The Labute approximate surface area is 109 Å². The second-order valence-corrected chi connectivity index (χ2v) is 4.61. The molecule has 4 N–H and O–H groups in total. The quantitative estimate of drug-likeness (QED) is 0.843. The summed E-state index contributed by atoms with van der Waals surface area (Å²) in [4.78, 5) is 0. The summed E-state index contributed by atoms with van der Waals surface area (Å²) < 4.78 is 0. The third kappa shape index (κ3) is 3.19. The fourth-order valence-electron chi connectivity index (χ4n) is 2.23. The van der Waals surface area contributed by atoms with E-state index in [2.05, 4.69) is 48.5 Å². The first-order valence-corrected chi connectivity index (χ1v) is 6.37. The fourth-order valence-corrected chi connectivity index (χ4v) is 2.23. The summed E-state index contributed by atoms with van der Waals surface area (Å²) in [7, 11) is 0. The maximum Gasteiger partial charge on any atom is 0.0172 e. The van der Waals surface area contributed by atoms with Gasteiger partial charge in [0.2, 0.25) is 0 Å². The minimum Gasteiger partial charge on any atom is -0.329 e. The van der Waals surface area contributed by atoms with Gasteiger partial charge >= 0.3 is 0 Å². The molecule has 2 aromatic rings. The molecule has 0 aliphatic rings. The Morgan fingerprint density at radius 1 is 0.778 bits per heavy atom. The van der Waals surface area contributed by atoms with Crippen molar-refractivity contribution >= 4 is 0 Å². The van der Waals surface area contributed by atoms with E-state index in [-0.39, 0.29) is 6.04 Å². The van der Waals surface area contributed by atoms with Gasteiger partial charge in [0.05, 0.1) is 0 Å². The van der Waals surface area contributed by atoms with E-state index in [0.29, 0.717) is 12.5 Å². The van der Waals surface area contributed by atoms with Crippen LogP contribution in [0.4, 0.5) is 0 Å². The number of hydrogen-bond donors (Lipinski definition) is 2. The van der Waals surface area contributed by atoms with E-state index < -0.39 is 0 Å². The van der Waals surface area contributed by atoms with Crippen LogP contribution >= 0.6 is 0 Å². The van der Waals surface area contributed by atoms with Gasteiger partial charge in [-0.25, -0.2) is 0 Å². The lowest BCUT2D eigenvalue weighted by Gasteiger charge is -2.21. The van der Waals surface area contributed by atoms with Crippen molar-refractivity contribution in [1.82, 2.24) is 0 Å². The van der Waals surface area contributed by atoms with Gasteiger partial charge in [-0.2, -0.15) is 0 Å². The Bertz CT molecular complexity index is 414. The maximum atomic E-state index is 6.02. The van der Waals surface area contributed by atoms with E-state index >= 15 is 0 Å². The van der Waals surface area contributed by atoms with Crippen LogP contribution in [0.3, 0.4) is 0 Å². The Kier molecular flexibility index (Phi) is 4.51. The summed E-state index contributed by atoms with van der Waals surface area (Å²) in [6.07, 6.45) is 0.879. The van der Waals surface area contributed by atoms with Crippen LogP contribution in [-0.2, 0) is 0 Å². The average Bonchev–Trinajstić information content (AvgIpc) is 2.46.